The van der Waals surface area contributed by atoms with Crippen LogP contribution in [0.3, 0.4) is 0 Å². The summed E-state index contributed by atoms with van der Waals surface area (Å²) >= 11 is 3.56. The normalized spacial score (nSPS) is 14.2. The average molecular weight is 457 g/mol. The van der Waals surface area contributed by atoms with Crippen molar-refractivity contribution in [3.63, 3.8) is 0 Å². The van der Waals surface area contributed by atoms with Gasteiger partial charge in [-0.3, -0.25) is 9.59 Å². The lowest BCUT2D eigenvalue weighted by molar-refractivity contribution is 0.0303. The first kappa shape index (κ1) is 19.6. The molecule has 1 fully saturated rings. The van der Waals surface area contributed by atoms with Gasteiger partial charge < -0.3 is 19.9 Å². The van der Waals surface area contributed by atoms with Crippen LogP contribution in [0.5, 0.6) is 0 Å². The Hall–Kier alpha value is -2.71. The fourth-order valence-electron chi connectivity index (χ4n) is 3.33. The van der Waals surface area contributed by atoms with Crippen LogP contribution in [0.25, 0.3) is 10.9 Å². The molecule has 3 aromatic rings. The number of carbonyl (C=O) groups is 1. The Balaban J connectivity index is 1.47. The summed E-state index contributed by atoms with van der Waals surface area (Å²) in [6, 6.07) is 11.1. The van der Waals surface area contributed by atoms with Crippen LogP contribution in [0.4, 0.5) is 5.69 Å². The highest BCUT2D eigenvalue weighted by Crippen LogP contribution is 2.23. The largest absolute Gasteiger partial charge is 0.381 e. The van der Waals surface area contributed by atoms with Gasteiger partial charge in [0.05, 0.1) is 24.1 Å². The van der Waals surface area contributed by atoms with Crippen molar-refractivity contribution < 1.29 is 9.53 Å². The Morgan fingerprint density at radius 3 is 2.69 bits per heavy atom. The summed E-state index contributed by atoms with van der Waals surface area (Å²) in [5.74, 6) is 0.617. The molecule has 1 aliphatic heterocycles. The van der Waals surface area contributed by atoms with Gasteiger partial charge in [0.15, 0.2) is 0 Å². The van der Waals surface area contributed by atoms with E-state index in [1.807, 2.05) is 41.3 Å². The van der Waals surface area contributed by atoms with Crippen molar-refractivity contribution >= 4 is 38.4 Å². The molecule has 2 heterocycles. The molecule has 0 aliphatic carbocycles. The maximum atomic E-state index is 12.5. The maximum absolute atomic E-state index is 12.5. The highest BCUT2D eigenvalue weighted by Gasteiger charge is 2.18. The molecule has 150 valence electrons. The molecule has 1 amide bonds. The molecule has 7 nitrogen and oxygen atoms in total. The van der Waals surface area contributed by atoms with Gasteiger partial charge in [0, 0.05) is 35.4 Å². The molecule has 0 atom stereocenters. The first-order valence-corrected chi connectivity index (χ1v) is 10.2. The number of morpholine rings is 1. The number of halogens is 1. The minimum absolute atomic E-state index is 0.0270. The zero-order valence-electron chi connectivity index (χ0n) is 16.0. The first-order chi connectivity index (χ1) is 14.0. The molecule has 0 radical (unpaired) electrons. The number of amides is 1. The lowest BCUT2D eigenvalue weighted by Gasteiger charge is -2.26. The van der Waals surface area contributed by atoms with Crippen LogP contribution >= 0.6 is 15.9 Å². The molecule has 2 N–H and O–H groups in total. The summed E-state index contributed by atoms with van der Waals surface area (Å²) in [6.07, 6.45) is 0. The SMILES string of the molecule is Cc1nc2cc(Br)c(CNc3ccc(C(=O)N4CCOCC4)cc3)cc2c(=O)[nH]1. The third-order valence-corrected chi connectivity index (χ3v) is 5.64. The van der Waals surface area contributed by atoms with Gasteiger partial charge in [0.25, 0.3) is 11.5 Å². The van der Waals surface area contributed by atoms with Gasteiger partial charge in [-0.25, -0.2) is 4.98 Å². The number of nitrogens with zero attached hydrogens (tertiary/aromatic N) is 2. The second-order valence-corrected chi connectivity index (χ2v) is 7.80. The summed E-state index contributed by atoms with van der Waals surface area (Å²) in [4.78, 5) is 33.6. The number of benzene rings is 2. The lowest BCUT2D eigenvalue weighted by atomic mass is 10.1. The number of aryl methyl sites for hydroxylation is 1. The number of carbonyl (C=O) groups excluding carboxylic acids is 1. The van der Waals surface area contributed by atoms with Crippen LogP contribution in [-0.2, 0) is 11.3 Å². The van der Waals surface area contributed by atoms with Gasteiger partial charge in [0.2, 0.25) is 0 Å². The number of ether oxygens (including phenoxy) is 1. The smallest absolute Gasteiger partial charge is 0.258 e. The summed E-state index contributed by atoms with van der Waals surface area (Å²) in [5, 5.41) is 3.89. The van der Waals surface area contributed by atoms with Crippen molar-refractivity contribution in [2.24, 2.45) is 0 Å². The van der Waals surface area contributed by atoms with E-state index in [2.05, 4.69) is 31.2 Å². The van der Waals surface area contributed by atoms with Crippen molar-refractivity contribution in [3.8, 4) is 0 Å². The van der Waals surface area contributed by atoms with Gasteiger partial charge in [-0.05, 0) is 48.9 Å². The van der Waals surface area contributed by atoms with Crippen molar-refractivity contribution in [1.82, 2.24) is 14.9 Å². The van der Waals surface area contributed by atoms with Crippen LogP contribution in [0.2, 0.25) is 0 Å². The van der Waals surface area contributed by atoms with E-state index in [0.29, 0.717) is 55.1 Å². The van der Waals surface area contributed by atoms with Gasteiger partial charge in [-0.2, -0.15) is 0 Å². The van der Waals surface area contributed by atoms with Crippen molar-refractivity contribution in [2.75, 3.05) is 31.6 Å². The molecule has 0 saturated carbocycles. The number of fused-ring (bicyclic) bond motifs is 1. The lowest BCUT2D eigenvalue weighted by Crippen LogP contribution is -2.40. The summed E-state index contributed by atoms with van der Waals surface area (Å²) in [5.41, 5.74) is 3.02. The Bertz CT molecular complexity index is 1110. The fraction of sp³-hybridized carbons (Fsp3) is 0.286. The number of hydrogen-bond donors (Lipinski definition) is 2. The Labute approximate surface area is 176 Å². The van der Waals surface area contributed by atoms with E-state index in [4.69, 9.17) is 4.74 Å². The quantitative estimate of drug-likeness (QED) is 0.629. The van der Waals surface area contributed by atoms with Crippen LogP contribution in [0, 0.1) is 6.92 Å². The third-order valence-electron chi connectivity index (χ3n) is 4.91. The Kier molecular flexibility index (Phi) is 5.64. The molecule has 0 spiro atoms. The van der Waals surface area contributed by atoms with Gasteiger partial charge >= 0.3 is 0 Å². The molecule has 1 aromatic heterocycles. The fourth-order valence-corrected chi connectivity index (χ4v) is 3.81. The molecule has 2 aromatic carbocycles. The number of aromatic amines is 1. The van der Waals surface area contributed by atoms with Crippen LogP contribution in [-0.4, -0.2) is 47.1 Å². The minimum Gasteiger partial charge on any atom is -0.381 e. The molecule has 4 rings (SSSR count). The van der Waals surface area contributed by atoms with Gasteiger partial charge in [-0.15, -0.1) is 0 Å². The summed E-state index contributed by atoms with van der Waals surface area (Å²) < 4.78 is 6.18. The molecule has 29 heavy (non-hydrogen) atoms. The van der Waals surface area contributed by atoms with Crippen molar-refractivity contribution in [2.45, 2.75) is 13.5 Å². The van der Waals surface area contributed by atoms with Crippen LogP contribution in [0.15, 0.2) is 45.7 Å². The van der Waals surface area contributed by atoms with Crippen LogP contribution in [0.1, 0.15) is 21.7 Å². The van der Waals surface area contributed by atoms with E-state index in [1.165, 1.54) is 0 Å². The molecule has 1 aliphatic rings. The zero-order valence-corrected chi connectivity index (χ0v) is 17.6. The Morgan fingerprint density at radius 1 is 1.24 bits per heavy atom. The number of nitrogens with one attached hydrogen (secondary N) is 2. The van der Waals surface area contributed by atoms with Crippen molar-refractivity contribution in [3.05, 3.63) is 68.2 Å². The second kappa shape index (κ2) is 8.34. The molecule has 0 bridgehead atoms. The second-order valence-electron chi connectivity index (χ2n) is 6.95. The minimum atomic E-state index is -0.146. The monoisotopic (exact) mass is 456 g/mol. The van der Waals surface area contributed by atoms with E-state index in [0.717, 1.165) is 15.7 Å². The van der Waals surface area contributed by atoms with Crippen LogP contribution < -0.4 is 10.9 Å². The van der Waals surface area contributed by atoms with E-state index in [9.17, 15) is 9.59 Å². The van der Waals surface area contributed by atoms with Crippen molar-refractivity contribution in [1.29, 1.82) is 0 Å². The number of aromatic nitrogens is 2. The van der Waals surface area contributed by atoms with Gasteiger partial charge in [0.1, 0.15) is 5.82 Å². The summed E-state index contributed by atoms with van der Waals surface area (Å²) in [7, 11) is 0. The van der Waals surface area contributed by atoms with E-state index >= 15 is 0 Å². The number of H-pyrrole nitrogens is 1. The average Bonchev–Trinajstić information content (AvgIpc) is 2.73. The predicted octanol–water partition coefficient (Wildman–Crippen LogP) is 3.08. The van der Waals surface area contributed by atoms with E-state index < -0.39 is 0 Å². The predicted molar refractivity (Wildman–Crippen MR) is 115 cm³/mol. The molecular weight excluding hydrogens is 436 g/mol. The molecule has 8 heteroatoms. The molecular formula is C21H21BrN4O3. The Morgan fingerprint density at radius 2 is 1.97 bits per heavy atom. The van der Waals surface area contributed by atoms with E-state index in [-0.39, 0.29) is 11.5 Å². The van der Waals surface area contributed by atoms with E-state index in [1.54, 1.807) is 6.92 Å². The maximum Gasteiger partial charge on any atom is 0.258 e. The molecule has 1 saturated heterocycles. The topological polar surface area (TPSA) is 87.3 Å². The highest BCUT2D eigenvalue weighted by atomic mass is 79.9. The molecule has 0 unspecified atom stereocenters. The number of anilines is 1. The summed E-state index contributed by atoms with van der Waals surface area (Å²) in [6.45, 7) is 4.72. The highest BCUT2D eigenvalue weighted by molar-refractivity contribution is 9.10. The van der Waals surface area contributed by atoms with Gasteiger partial charge in [-0.1, -0.05) is 15.9 Å². The first-order valence-electron chi connectivity index (χ1n) is 9.41. The third kappa shape index (κ3) is 4.33. The standard InChI is InChI=1S/C21H21BrN4O3/c1-13-24-19-11-18(22)15(10-17(19)20(27)25-13)12-23-16-4-2-14(3-5-16)21(28)26-6-8-29-9-7-26/h2-5,10-11,23H,6-9,12H2,1H3,(H,24,25,27). The number of hydrogen-bond acceptors (Lipinski definition) is 5. The zero-order chi connectivity index (χ0) is 20.4. The number of rotatable bonds is 4.